The van der Waals surface area contributed by atoms with E-state index < -0.39 is 14.1 Å². The first-order valence-electron chi connectivity index (χ1n) is 11.4. The highest BCUT2D eigenvalue weighted by atomic mass is 28.4. The van der Waals surface area contributed by atoms with E-state index in [1.807, 2.05) is 13.0 Å². The van der Waals surface area contributed by atoms with Crippen LogP contribution in [0.15, 0.2) is 24.3 Å². The van der Waals surface area contributed by atoms with Crippen LogP contribution in [0.1, 0.15) is 50.8 Å². The molecule has 32 heavy (non-hydrogen) atoms. The van der Waals surface area contributed by atoms with Gasteiger partial charge in [0.2, 0.25) is 5.88 Å². The smallest absolute Gasteiger partial charge is 0.214 e. The third-order valence-electron chi connectivity index (χ3n) is 6.72. The van der Waals surface area contributed by atoms with Crippen LogP contribution in [0.25, 0.3) is 11.1 Å². The minimum atomic E-state index is -1.83. The summed E-state index contributed by atoms with van der Waals surface area (Å²) in [5.41, 5.74) is 9.64. The summed E-state index contributed by atoms with van der Waals surface area (Å²) < 4.78 is 31.7. The van der Waals surface area contributed by atoms with Crippen molar-refractivity contribution in [3.63, 3.8) is 0 Å². The molecule has 5 nitrogen and oxygen atoms in total. The van der Waals surface area contributed by atoms with E-state index >= 15 is 0 Å². The number of hydrogen-bond donors (Lipinski definition) is 1. The van der Waals surface area contributed by atoms with Crippen molar-refractivity contribution < 1.29 is 18.3 Å². The zero-order chi connectivity index (χ0) is 23.5. The first kappa shape index (κ1) is 24.7. The Morgan fingerprint density at radius 2 is 1.81 bits per heavy atom. The van der Waals surface area contributed by atoms with Crippen LogP contribution in [-0.2, 0) is 9.16 Å². The van der Waals surface area contributed by atoms with Crippen LogP contribution in [0.4, 0.5) is 10.1 Å². The van der Waals surface area contributed by atoms with E-state index in [1.165, 1.54) is 6.07 Å². The van der Waals surface area contributed by atoms with Crippen LogP contribution in [0.3, 0.4) is 0 Å². The number of anilines is 1. The van der Waals surface area contributed by atoms with E-state index in [0.29, 0.717) is 25.0 Å². The number of aromatic nitrogens is 1. The van der Waals surface area contributed by atoms with Crippen molar-refractivity contribution in [2.24, 2.45) is 0 Å². The fourth-order valence-electron chi connectivity index (χ4n) is 3.62. The van der Waals surface area contributed by atoms with Gasteiger partial charge in [-0.05, 0) is 72.8 Å². The molecule has 1 fully saturated rings. The molecule has 2 N–H and O–H groups in total. The largest absolute Gasteiger partial charge is 0.475 e. The molecule has 176 valence electrons. The number of benzene rings is 1. The number of aryl methyl sites for hydroxylation is 1. The summed E-state index contributed by atoms with van der Waals surface area (Å²) >= 11 is 0. The first-order chi connectivity index (χ1) is 15.0. The van der Waals surface area contributed by atoms with E-state index in [1.54, 1.807) is 6.07 Å². The fraction of sp³-hybridized carbons (Fsp3) is 0.560. The minimum absolute atomic E-state index is 0.139. The van der Waals surface area contributed by atoms with Gasteiger partial charge in [-0.3, -0.25) is 0 Å². The molecule has 1 aliphatic rings. The van der Waals surface area contributed by atoms with Crippen LogP contribution in [0.2, 0.25) is 18.1 Å². The van der Waals surface area contributed by atoms with Crippen molar-refractivity contribution >= 4 is 14.0 Å². The lowest BCUT2D eigenvalue weighted by Crippen LogP contribution is -2.41. The van der Waals surface area contributed by atoms with Gasteiger partial charge in [0.05, 0.1) is 12.3 Å². The SMILES string of the molecule is Cc1cc(F)c(N)cc1-c1cc(OCCO[Si](C)(C)C(C)(C)C)nc(C2CCOCC2)c1. The zero-order valence-electron chi connectivity index (χ0n) is 20.3. The molecule has 1 aromatic heterocycles. The molecule has 0 bridgehead atoms. The average molecular weight is 461 g/mol. The predicted octanol–water partition coefficient (Wildman–Crippen LogP) is 6.07. The second-order valence-electron chi connectivity index (χ2n) is 10.2. The molecule has 0 aliphatic carbocycles. The molecule has 0 amide bonds. The number of hydrogen-bond acceptors (Lipinski definition) is 5. The first-order valence-corrected chi connectivity index (χ1v) is 14.3. The lowest BCUT2D eigenvalue weighted by atomic mass is 9.92. The Balaban J connectivity index is 1.84. The highest BCUT2D eigenvalue weighted by Gasteiger charge is 2.36. The van der Waals surface area contributed by atoms with Gasteiger partial charge in [-0.15, -0.1) is 0 Å². The van der Waals surface area contributed by atoms with Crippen LogP contribution in [-0.4, -0.2) is 39.7 Å². The second kappa shape index (κ2) is 9.89. The maximum absolute atomic E-state index is 13.9. The molecule has 1 aliphatic heterocycles. The Kier molecular flexibility index (Phi) is 7.63. The third kappa shape index (κ3) is 5.88. The normalized spacial score (nSPS) is 15.7. The van der Waals surface area contributed by atoms with Crippen LogP contribution >= 0.6 is 0 Å². The van der Waals surface area contributed by atoms with Gasteiger partial charge in [0.25, 0.3) is 0 Å². The van der Waals surface area contributed by atoms with Gasteiger partial charge >= 0.3 is 0 Å². The van der Waals surface area contributed by atoms with Crippen molar-refractivity contribution in [1.82, 2.24) is 4.98 Å². The fourth-order valence-corrected chi connectivity index (χ4v) is 4.64. The van der Waals surface area contributed by atoms with Crippen molar-refractivity contribution in [1.29, 1.82) is 0 Å². The minimum Gasteiger partial charge on any atom is -0.475 e. The van der Waals surface area contributed by atoms with Gasteiger partial charge in [-0.2, -0.15) is 0 Å². The van der Waals surface area contributed by atoms with E-state index in [0.717, 1.165) is 48.4 Å². The summed E-state index contributed by atoms with van der Waals surface area (Å²) in [7, 11) is -1.83. The monoisotopic (exact) mass is 460 g/mol. The molecule has 0 spiro atoms. The second-order valence-corrected chi connectivity index (χ2v) is 15.0. The highest BCUT2D eigenvalue weighted by molar-refractivity contribution is 6.74. The Morgan fingerprint density at radius 3 is 2.47 bits per heavy atom. The van der Waals surface area contributed by atoms with Gasteiger partial charge < -0.3 is 19.6 Å². The highest BCUT2D eigenvalue weighted by Crippen LogP contribution is 2.37. The summed E-state index contributed by atoms with van der Waals surface area (Å²) in [6, 6.07) is 7.16. The summed E-state index contributed by atoms with van der Waals surface area (Å²) in [5.74, 6) is 0.474. The third-order valence-corrected chi connectivity index (χ3v) is 11.3. The predicted molar refractivity (Wildman–Crippen MR) is 130 cm³/mol. The van der Waals surface area contributed by atoms with Crippen molar-refractivity contribution in [3.8, 4) is 17.0 Å². The van der Waals surface area contributed by atoms with Crippen molar-refractivity contribution in [2.45, 2.75) is 64.6 Å². The molecule has 2 heterocycles. The summed E-state index contributed by atoms with van der Waals surface area (Å²) in [6.45, 7) is 15.4. The molecule has 0 radical (unpaired) electrons. The summed E-state index contributed by atoms with van der Waals surface area (Å²) in [5, 5.41) is 0.154. The molecule has 3 rings (SSSR count). The number of nitrogen functional groups attached to an aromatic ring is 1. The maximum atomic E-state index is 13.9. The number of ether oxygens (including phenoxy) is 2. The number of nitrogens with zero attached hydrogens (tertiary/aromatic N) is 1. The standard InChI is InChI=1S/C25H37FN2O3Si/c1-17-13-21(26)22(27)16-20(17)19-14-23(18-7-9-29-10-8-18)28-24(15-19)30-11-12-31-32(5,6)25(2,3)4/h13-16,18H,7-12,27H2,1-6H3. The lowest BCUT2D eigenvalue weighted by molar-refractivity contribution is 0.0843. The molecular formula is C25H37FN2O3Si. The molecule has 1 aromatic carbocycles. The molecule has 0 saturated carbocycles. The Hall–Kier alpha value is -1.96. The number of rotatable bonds is 7. The van der Waals surface area contributed by atoms with Gasteiger partial charge in [0.1, 0.15) is 12.4 Å². The van der Waals surface area contributed by atoms with Crippen molar-refractivity contribution in [2.75, 3.05) is 32.2 Å². The Morgan fingerprint density at radius 1 is 1.12 bits per heavy atom. The van der Waals surface area contributed by atoms with Crippen molar-refractivity contribution in [3.05, 3.63) is 41.3 Å². The quantitative estimate of drug-likeness (QED) is 0.308. The lowest BCUT2D eigenvalue weighted by Gasteiger charge is -2.36. The number of halogens is 1. The topological polar surface area (TPSA) is 66.6 Å². The van der Waals surface area contributed by atoms with Crippen LogP contribution in [0.5, 0.6) is 5.88 Å². The molecule has 2 aromatic rings. The number of pyridine rings is 1. The van der Waals surface area contributed by atoms with Crippen LogP contribution in [0, 0.1) is 12.7 Å². The summed E-state index contributed by atoms with van der Waals surface area (Å²) in [6.07, 6.45) is 1.85. The van der Waals surface area contributed by atoms with Gasteiger partial charge in [-0.1, -0.05) is 20.8 Å². The maximum Gasteiger partial charge on any atom is 0.214 e. The number of nitrogens with two attached hydrogens (primary N) is 1. The Labute approximate surface area is 192 Å². The molecular weight excluding hydrogens is 423 g/mol. The molecule has 7 heteroatoms. The van der Waals surface area contributed by atoms with E-state index in [4.69, 9.17) is 24.6 Å². The zero-order valence-corrected chi connectivity index (χ0v) is 21.3. The molecule has 1 saturated heterocycles. The van der Waals surface area contributed by atoms with E-state index in [-0.39, 0.29) is 10.7 Å². The average Bonchev–Trinajstić information content (AvgIpc) is 2.73. The van der Waals surface area contributed by atoms with Gasteiger partial charge in [0.15, 0.2) is 8.32 Å². The molecule has 0 atom stereocenters. The Bertz CT molecular complexity index is 938. The summed E-state index contributed by atoms with van der Waals surface area (Å²) in [4.78, 5) is 4.81. The van der Waals surface area contributed by atoms with Gasteiger partial charge in [-0.25, -0.2) is 9.37 Å². The van der Waals surface area contributed by atoms with E-state index in [2.05, 4.69) is 39.9 Å². The van der Waals surface area contributed by atoms with Gasteiger partial charge in [0, 0.05) is 30.9 Å². The molecule has 0 unspecified atom stereocenters. The van der Waals surface area contributed by atoms with E-state index in [9.17, 15) is 4.39 Å². The van der Waals surface area contributed by atoms with Crippen LogP contribution < -0.4 is 10.5 Å².